The Balaban J connectivity index is 2.44. The van der Waals surface area contributed by atoms with E-state index in [9.17, 15) is 4.39 Å². The first kappa shape index (κ1) is 10.1. The first-order chi connectivity index (χ1) is 6.70. The molecule has 1 aromatic carbocycles. The summed E-state index contributed by atoms with van der Waals surface area (Å²) < 4.78 is 14.6. The summed E-state index contributed by atoms with van der Waals surface area (Å²) in [7, 11) is 0. The largest absolute Gasteiger partial charge is 0.316 e. The molecule has 0 bridgehead atoms. The van der Waals surface area contributed by atoms with Crippen LogP contribution in [-0.2, 0) is 0 Å². The van der Waals surface area contributed by atoms with Crippen LogP contribution in [0.5, 0.6) is 0 Å². The highest BCUT2D eigenvalue weighted by atomic mass is 79.9. The summed E-state index contributed by atoms with van der Waals surface area (Å²) in [5.41, 5.74) is 1.92. The van der Waals surface area contributed by atoms with Gasteiger partial charge in [-0.1, -0.05) is 15.9 Å². The van der Waals surface area contributed by atoms with E-state index in [1.54, 1.807) is 12.1 Å². The molecule has 1 nitrogen and oxygen atoms in total. The third kappa shape index (κ3) is 1.71. The molecule has 0 radical (unpaired) electrons. The number of hydrogen-bond acceptors (Lipinski definition) is 1. The monoisotopic (exact) mass is 257 g/mol. The lowest BCUT2D eigenvalue weighted by Gasteiger charge is -2.14. The molecule has 2 rings (SSSR count). The third-order valence-electron chi connectivity index (χ3n) is 2.86. The molecule has 1 atom stereocenters. The van der Waals surface area contributed by atoms with Crippen LogP contribution in [-0.4, -0.2) is 13.1 Å². The Morgan fingerprint density at radius 1 is 1.50 bits per heavy atom. The average Bonchev–Trinajstić information content (AvgIpc) is 2.65. The highest BCUT2D eigenvalue weighted by Gasteiger charge is 2.22. The number of nitrogens with one attached hydrogen (secondary N) is 1. The van der Waals surface area contributed by atoms with E-state index in [0.29, 0.717) is 5.92 Å². The molecule has 1 aliphatic rings. The Labute approximate surface area is 91.8 Å². The van der Waals surface area contributed by atoms with Crippen molar-refractivity contribution in [2.75, 3.05) is 13.1 Å². The van der Waals surface area contributed by atoms with Gasteiger partial charge in [0.1, 0.15) is 5.82 Å². The van der Waals surface area contributed by atoms with Gasteiger partial charge in [0.2, 0.25) is 0 Å². The quantitative estimate of drug-likeness (QED) is 0.816. The van der Waals surface area contributed by atoms with Gasteiger partial charge in [-0.2, -0.15) is 0 Å². The molecule has 1 aromatic rings. The van der Waals surface area contributed by atoms with Crippen LogP contribution in [0.2, 0.25) is 0 Å². The Morgan fingerprint density at radius 2 is 2.29 bits per heavy atom. The van der Waals surface area contributed by atoms with Gasteiger partial charge in [-0.3, -0.25) is 0 Å². The van der Waals surface area contributed by atoms with E-state index in [0.717, 1.165) is 35.1 Å². The van der Waals surface area contributed by atoms with Gasteiger partial charge >= 0.3 is 0 Å². The van der Waals surface area contributed by atoms with Crippen LogP contribution in [0, 0.1) is 12.7 Å². The summed E-state index contributed by atoms with van der Waals surface area (Å²) in [5.74, 6) is 0.270. The van der Waals surface area contributed by atoms with Gasteiger partial charge in [0, 0.05) is 16.9 Å². The summed E-state index contributed by atoms with van der Waals surface area (Å²) in [5, 5.41) is 3.26. The molecule has 1 fully saturated rings. The number of halogens is 2. The summed E-state index contributed by atoms with van der Waals surface area (Å²) in [6.07, 6.45) is 1.04. The smallest absolute Gasteiger partial charge is 0.127 e. The molecule has 14 heavy (non-hydrogen) atoms. The van der Waals surface area contributed by atoms with Crippen LogP contribution in [0.25, 0.3) is 0 Å². The van der Waals surface area contributed by atoms with Crippen molar-refractivity contribution in [2.45, 2.75) is 19.3 Å². The topological polar surface area (TPSA) is 12.0 Å². The number of hydrogen-bond donors (Lipinski definition) is 1. The van der Waals surface area contributed by atoms with Crippen LogP contribution >= 0.6 is 15.9 Å². The lowest BCUT2D eigenvalue weighted by Crippen LogP contribution is -2.10. The Hall–Kier alpha value is -0.410. The minimum absolute atomic E-state index is 0.0700. The summed E-state index contributed by atoms with van der Waals surface area (Å²) >= 11 is 3.44. The standard InChI is InChI=1S/C11H13BrFN/c1-7-9(12)2-3-10(13)11(7)8-4-5-14-6-8/h2-3,8,14H,4-6H2,1H3. The summed E-state index contributed by atoms with van der Waals surface area (Å²) in [4.78, 5) is 0. The maximum Gasteiger partial charge on any atom is 0.127 e. The van der Waals surface area contributed by atoms with Gasteiger partial charge in [-0.25, -0.2) is 4.39 Å². The molecule has 0 amide bonds. The van der Waals surface area contributed by atoms with Crippen LogP contribution in [0.15, 0.2) is 16.6 Å². The molecule has 76 valence electrons. The molecule has 0 aromatic heterocycles. The van der Waals surface area contributed by atoms with E-state index >= 15 is 0 Å². The van der Waals surface area contributed by atoms with Crippen molar-refractivity contribution in [3.8, 4) is 0 Å². The van der Waals surface area contributed by atoms with Crippen molar-refractivity contribution >= 4 is 15.9 Å². The fourth-order valence-electron chi connectivity index (χ4n) is 2.07. The fraction of sp³-hybridized carbons (Fsp3) is 0.455. The van der Waals surface area contributed by atoms with Gasteiger partial charge in [0.25, 0.3) is 0 Å². The zero-order chi connectivity index (χ0) is 10.1. The van der Waals surface area contributed by atoms with Crippen molar-refractivity contribution in [3.63, 3.8) is 0 Å². The minimum atomic E-state index is -0.0700. The average molecular weight is 258 g/mol. The normalized spacial score (nSPS) is 21.5. The van der Waals surface area contributed by atoms with Crippen LogP contribution in [0.4, 0.5) is 4.39 Å². The van der Waals surface area contributed by atoms with Gasteiger partial charge in [-0.15, -0.1) is 0 Å². The van der Waals surface area contributed by atoms with E-state index < -0.39 is 0 Å². The van der Waals surface area contributed by atoms with Crippen molar-refractivity contribution in [2.24, 2.45) is 0 Å². The molecule has 0 aliphatic carbocycles. The van der Waals surface area contributed by atoms with E-state index in [4.69, 9.17) is 0 Å². The lowest BCUT2D eigenvalue weighted by atomic mass is 9.94. The van der Waals surface area contributed by atoms with Crippen LogP contribution in [0.3, 0.4) is 0 Å². The van der Waals surface area contributed by atoms with E-state index in [2.05, 4.69) is 21.2 Å². The van der Waals surface area contributed by atoms with Crippen molar-refractivity contribution in [3.05, 3.63) is 33.5 Å². The van der Waals surface area contributed by atoms with Gasteiger partial charge in [0.05, 0.1) is 0 Å². The maximum absolute atomic E-state index is 13.6. The van der Waals surface area contributed by atoms with Crippen molar-refractivity contribution < 1.29 is 4.39 Å². The highest BCUT2D eigenvalue weighted by molar-refractivity contribution is 9.10. The Kier molecular flexibility index (Phi) is 2.88. The van der Waals surface area contributed by atoms with E-state index in [1.165, 1.54) is 0 Å². The molecule has 1 heterocycles. The first-order valence-corrected chi connectivity index (χ1v) is 5.64. The SMILES string of the molecule is Cc1c(Br)ccc(F)c1C1CCNC1. The molecular formula is C11H13BrFN. The molecule has 1 N–H and O–H groups in total. The molecule has 3 heteroatoms. The summed E-state index contributed by atoms with van der Waals surface area (Å²) in [6.45, 7) is 3.87. The minimum Gasteiger partial charge on any atom is -0.316 e. The maximum atomic E-state index is 13.6. The summed E-state index contributed by atoms with van der Waals surface area (Å²) in [6, 6.07) is 3.32. The van der Waals surface area contributed by atoms with Crippen molar-refractivity contribution in [1.29, 1.82) is 0 Å². The second-order valence-electron chi connectivity index (χ2n) is 3.76. The van der Waals surface area contributed by atoms with Crippen molar-refractivity contribution in [1.82, 2.24) is 5.32 Å². The molecule has 0 spiro atoms. The van der Waals surface area contributed by atoms with Crippen LogP contribution in [0.1, 0.15) is 23.5 Å². The zero-order valence-electron chi connectivity index (χ0n) is 8.11. The van der Waals surface area contributed by atoms with Gasteiger partial charge in [0.15, 0.2) is 0 Å². The predicted molar refractivity (Wildman–Crippen MR) is 59.1 cm³/mol. The van der Waals surface area contributed by atoms with Gasteiger partial charge in [-0.05, 0) is 43.1 Å². The molecular weight excluding hydrogens is 245 g/mol. The van der Waals surface area contributed by atoms with E-state index in [1.807, 2.05) is 6.92 Å². The Morgan fingerprint density at radius 3 is 2.93 bits per heavy atom. The van der Waals surface area contributed by atoms with Gasteiger partial charge < -0.3 is 5.32 Å². The number of rotatable bonds is 1. The van der Waals surface area contributed by atoms with Crippen LogP contribution < -0.4 is 5.32 Å². The molecule has 1 saturated heterocycles. The molecule has 1 unspecified atom stereocenters. The second kappa shape index (κ2) is 3.99. The Bertz CT molecular complexity index is 345. The second-order valence-corrected chi connectivity index (χ2v) is 4.61. The molecule has 0 saturated carbocycles. The molecule has 1 aliphatic heterocycles. The fourth-order valence-corrected chi connectivity index (χ4v) is 2.42. The lowest BCUT2D eigenvalue weighted by molar-refractivity contribution is 0.585. The predicted octanol–water partition coefficient (Wildman–Crippen LogP) is 2.97. The van der Waals surface area contributed by atoms with E-state index in [-0.39, 0.29) is 5.82 Å². The highest BCUT2D eigenvalue weighted by Crippen LogP contribution is 2.31. The third-order valence-corrected chi connectivity index (χ3v) is 3.72. The number of benzene rings is 1. The first-order valence-electron chi connectivity index (χ1n) is 4.85. The zero-order valence-corrected chi connectivity index (χ0v) is 9.70.